The van der Waals surface area contributed by atoms with Crippen molar-refractivity contribution in [3.05, 3.63) is 29.8 Å². The van der Waals surface area contributed by atoms with Gasteiger partial charge in [0.25, 0.3) is 0 Å². The van der Waals surface area contributed by atoms with Gasteiger partial charge in [-0.3, -0.25) is 4.79 Å². The predicted octanol–water partition coefficient (Wildman–Crippen LogP) is 1.18. The molecule has 0 spiro atoms. The first kappa shape index (κ1) is 15.1. The number of nitrogens with two attached hydrogens (primary N) is 1. The van der Waals surface area contributed by atoms with Crippen molar-refractivity contribution in [1.29, 1.82) is 0 Å². The fraction of sp³-hybridized carbons (Fsp3) is 0.400. The van der Waals surface area contributed by atoms with E-state index in [9.17, 15) is 4.79 Å². The highest BCUT2D eigenvalue weighted by Gasteiger charge is 2.13. The quantitative estimate of drug-likeness (QED) is 0.509. The molecule has 0 aliphatic carbocycles. The maximum absolute atomic E-state index is 11.7. The lowest BCUT2D eigenvalue weighted by molar-refractivity contribution is -0.122. The molecule has 0 fully saturated rings. The number of phenols is 1. The minimum absolute atomic E-state index is 0.159. The van der Waals surface area contributed by atoms with Crippen molar-refractivity contribution in [2.75, 3.05) is 6.54 Å². The topological polar surface area (TPSA) is 75.4 Å². The molecule has 4 N–H and O–H groups in total. The summed E-state index contributed by atoms with van der Waals surface area (Å²) < 4.78 is 0. The van der Waals surface area contributed by atoms with Crippen LogP contribution in [0.15, 0.2) is 24.3 Å². The fourth-order valence-electron chi connectivity index (χ4n) is 1.67. The molecule has 4 heteroatoms. The number of nitrogens with one attached hydrogen (secondary N) is 1. The van der Waals surface area contributed by atoms with E-state index in [-0.39, 0.29) is 11.7 Å². The van der Waals surface area contributed by atoms with Gasteiger partial charge in [-0.15, -0.1) is 12.3 Å². The van der Waals surface area contributed by atoms with Crippen molar-refractivity contribution in [3.8, 4) is 18.1 Å². The summed E-state index contributed by atoms with van der Waals surface area (Å²) in [6.45, 7) is 0.601. The lowest BCUT2D eigenvalue weighted by Gasteiger charge is -2.12. The van der Waals surface area contributed by atoms with Crippen LogP contribution in [0, 0.1) is 12.3 Å². The minimum atomic E-state index is -0.572. The number of hydrogen-bond donors (Lipinski definition) is 3. The number of hydrogen-bond acceptors (Lipinski definition) is 3. The van der Waals surface area contributed by atoms with E-state index >= 15 is 0 Å². The Hall–Kier alpha value is -1.99. The van der Waals surface area contributed by atoms with Crippen molar-refractivity contribution < 1.29 is 9.90 Å². The number of amides is 1. The summed E-state index contributed by atoms with van der Waals surface area (Å²) in [5, 5.41) is 12.0. The first-order valence-corrected chi connectivity index (χ1v) is 6.38. The number of carbonyl (C=O) groups excluding carboxylic acids is 1. The van der Waals surface area contributed by atoms with E-state index in [1.54, 1.807) is 24.3 Å². The largest absolute Gasteiger partial charge is 0.508 e. The summed E-state index contributed by atoms with van der Waals surface area (Å²) in [7, 11) is 0. The van der Waals surface area contributed by atoms with Crippen molar-refractivity contribution in [3.63, 3.8) is 0 Å². The molecule has 1 unspecified atom stereocenters. The van der Waals surface area contributed by atoms with Crippen LogP contribution in [-0.2, 0) is 11.2 Å². The third-order valence-corrected chi connectivity index (χ3v) is 2.78. The fourth-order valence-corrected chi connectivity index (χ4v) is 1.67. The summed E-state index contributed by atoms with van der Waals surface area (Å²) >= 11 is 0. The van der Waals surface area contributed by atoms with Gasteiger partial charge in [-0.05, 0) is 37.0 Å². The van der Waals surface area contributed by atoms with Gasteiger partial charge in [0.2, 0.25) is 5.91 Å². The smallest absolute Gasteiger partial charge is 0.237 e. The summed E-state index contributed by atoms with van der Waals surface area (Å²) in [6.07, 6.45) is 8.10. The highest BCUT2D eigenvalue weighted by Crippen LogP contribution is 2.10. The molecule has 0 saturated heterocycles. The molecule has 1 amide bonds. The molecule has 1 aromatic rings. The lowest BCUT2D eigenvalue weighted by atomic mass is 10.1. The van der Waals surface area contributed by atoms with Gasteiger partial charge in [0, 0.05) is 13.0 Å². The Balaban J connectivity index is 2.28. The number of carbonyl (C=O) groups is 1. The Kier molecular flexibility index (Phi) is 6.48. The van der Waals surface area contributed by atoms with E-state index < -0.39 is 6.04 Å². The highest BCUT2D eigenvalue weighted by molar-refractivity contribution is 5.81. The average Bonchev–Trinajstić information content (AvgIpc) is 2.41. The summed E-state index contributed by atoms with van der Waals surface area (Å²) in [6, 6.07) is 6.11. The van der Waals surface area contributed by atoms with Crippen LogP contribution >= 0.6 is 0 Å². The molecule has 0 bridgehead atoms. The summed E-state index contributed by atoms with van der Waals surface area (Å²) in [5.74, 6) is 2.60. The van der Waals surface area contributed by atoms with Crippen LogP contribution in [-0.4, -0.2) is 23.6 Å². The minimum Gasteiger partial charge on any atom is -0.508 e. The van der Waals surface area contributed by atoms with E-state index in [0.29, 0.717) is 13.0 Å². The van der Waals surface area contributed by atoms with Crippen molar-refractivity contribution in [1.82, 2.24) is 5.32 Å². The van der Waals surface area contributed by atoms with Crippen LogP contribution in [0.25, 0.3) is 0 Å². The zero-order valence-electron chi connectivity index (χ0n) is 10.9. The molecule has 0 aromatic heterocycles. The third kappa shape index (κ3) is 5.94. The van der Waals surface area contributed by atoms with Crippen LogP contribution in [0.4, 0.5) is 0 Å². The van der Waals surface area contributed by atoms with Crippen molar-refractivity contribution >= 4 is 5.91 Å². The average molecular weight is 260 g/mol. The van der Waals surface area contributed by atoms with Crippen molar-refractivity contribution in [2.24, 2.45) is 5.73 Å². The molecule has 0 aliphatic heterocycles. The second-order valence-corrected chi connectivity index (χ2v) is 4.43. The molecular formula is C15H20N2O2. The Labute approximate surface area is 114 Å². The zero-order chi connectivity index (χ0) is 14.1. The van der Waals surface area contributed by atoms with Gasteiger partial charge in [-0.2, -0.15) is 0 Å². The molecule has 102 valence electrons. The Morgan fingerprint density at radius 2 is 2.05 bits per heavy atom. The van der Waals surface area contributed by atoms with Crippen LogP contribution in [0.1, 0.15) is 24.8 Å². The molecule has 4 nitrogen and oxygen atoms in total. The van der Waals surface area contributed by atoms with E-state index in [2.05, 4.69) is 11.2 Å². The number of unbranched alkanes of at least 4 members (excludes halogenated alkanes) is 2. The lowest BCUT2D eigenvalue weighted by Crippen LogP contribution is -2.42. The Morgan fingerprint density at radius 3 is 2.68 bits per heavy atom. The molecule has 1 rings (SSSR count). The molecule has 0 aliphatic rings. The highest BCUT2D eigenvalue weighted by atomic mass is 16.3. The first-order chi connectivity index (χ1) is 9.13. The predicted molar refractivity (Wildman–Crippen MR) is 75.5 cm³/mol. The third-order valence-electron chi connectivity index (χ3n) is 2.78. The maximum Gasteiger partial charge on any atom is 0.237 e. The van der Waals surface area contributed by atoms with Crippen molar-refractivity contribution in [2.45, 2.75) is 31.7 Å². The van der Waals surface area contributed by atoms with Gasteiger partial charge < -0.3 is 16.2 Å². The van der Waals surface area contributed by atoms with Gasteiger partial charge in [-0.1, -0.05) is 12.1 Å². The maximum atomic E-state index is 11.7. The molecule has 1 atom stereocenters. The number of terminal acetylenes is 1. The molecule has 0 radical (unpaired) electrons. The van der Waals surface area contributed by atoms with Gasteiger partial charge >= 0.3 is 0 Å². The molecular weight excluding hydrogens is 240 g/mol. The van der Waals surface area contributed by atoms with E-state index in [1.165, 1.54) is 0 Å². The monoisotopic (exact) mass is 260 g/mol. The van der Waals surface area contributed by atoms with Gasteiger partial charge in [0.15, 0.2) is 0 Å². The van der Waals surface area contributed by atoms with Crippen LogP contribution < -0.4 is 11.1 Å². The second-order valence-electron chi connectivity index (χ2n) is 4.43. The molecule has 19 heavy (non-hydrogen) atoms. The number of rotatable bonds is 7. The van der Waals surface area contributed by atoms with Gasteiger partial charge in [0.1, 0.15) is 5.75 Å². The van der Waals surface area contributed by atoms with E-state index in [0.717, 1.165) is 24.8 Å². The molecule has 0 heterocycles. The first-order valence-electron chi connectivity index (χ1n) is 6.38. The molecule has 0 saturated carbocycles. The van der Waals surface area contributed by atoms with Gasteiger partial charge in [0.05, 0.1) is 6.04 Å². The second kappa shape index (κ2) is 8.17. The Bertz CT molecular complexity index is 434. The standard InChI is InChI=1S/C15H20N2O2/c1-2-3-4-5-10-17-15(19)14(16)11-12-6-8-13(18)9-7-12/h1,6-9,14,18H,3-5,10-11,16H2,(H,17,19). The normalized spacial score (nSPS) is 11.6. The Morgan fingerprint density at radius 1 is 1.37 bits per heavy atom. The number of benzene rings is 1. The summed E-state index contributed by atoms with van der Waals surface area (Å²) in [4.78, 5) is 11.7. The molecule has 1 aromatic carbocycles. The SMILES string of the molecule is C#CCCCCNC(=O)C(N)Cc1ccc(O)cc1. The van der Waals surface area contributed by atoms with Crippen LogP contribution in [0.3, 0.4) is 0 Å². The van der Waals surface area contributed by atoms with Gasteiger partial charge in [-0.25, -0.2) is 0 Å². The van der Waals surface area contributed by atoms with Crippen LogP contribution in [0.2, 0.25) is 0 Å². The summed E-state index contributed by atoms with van der Waals surface area (Å²) in [5.41, 5.74) is 6.75. The number of phenolic OH excluding ortho intramolecular Hbond substituents is 1. The van der Waals surface area contributed by atoms with Crippen LogP contribution in [0.5, 0.6) is 5.75 Å². The zero-order valence-corrected chi connectivity index (χ0v) is 10.9. The number of aromatic hydroxyl groups is 1. The van der Waals surface area contributed by atoms with E-state index in [4.69, 9.17) is 17.3 Å². The van der Waals surface area contributed by atoms with E-state index in [1.807, 2.05) is 0 Å².